The molecule has 1 atom stereocenters. The summed E-state index contributed by atoms with van der Waals surface area (Å²) in [7, 11) is 0. The number of thiocarbonyl (C=S) groups is 1. The average Bonchev–Trinajstić information content (AvgIpc) is 2.88. The maximum Gasteiger partial charge on any atom is 0.166 e. The molecule has 0 aliphatic heterocycles. The van der Waals surface area contributed by atoms with Crippen molar-refractivity contribution in [1.29, 1.82) is 0 Å². The first-order valence-corrected chi connectivity index (χ1v) is 7.23. The fourth-order valence-corrected chi connectivity index (χ4v) is 3.43. The lowest BCUT2D eigenvalue weighted by Gasteiger charge is -2.24. The minimum atomic E-state index is 0.545. The van der Waals surface area contributed by atoms with Crippen molar-refractivity contribution in [3.63, 3.8) is 0 Å². The number of nitrogens with one attached hydrogen (secondary N) is 2. The molecular weight excluding hydrogens is 216 g/mol. The highest BCUT2D eigenvalue weighted by molar-refractivity contribution is 7.80. The van der Waals surface area contributed by atoms with Crippen LogP contribution in [0, 0.1) is 5.92 Å². The van der Waals surface area contributed by atoms with Crippen LogP contribution in [0.5, 0.6) is 0 Å². The second-order valence-corrected chi connectivity index (χ2v) is 5.84. The molecule has 92 valence electrons. The summed E-state index contributed by atoms with van der Waals surface area (Å²) in [5.41, 5.74) is 0. The summed E-state index contributed by atoms with van der Waals surface area (Å²) in [6.07, 6.45) is 10.9. The third-order valence-corrected chi connectivity index (χ3v) is 4.39. The molecule has 16 heavy (non-hydrogen) atoms. The Morgan fingerprint density at radius 3 is 2.25 bits per heavy atom. The quantitative estimate of drug-likeness (QED) is 0.742. The van der Waals surface area contributed by atoms with Crippen molar-refractivity contribution in [2.45, 2.75) is 70.4 Å². The van der Waals surface area contributed by atoms with E-state index in [9.17, 15) is 0 Å². The van der Waals surface area contributed by atoms with Gasteiger partial charge in [-0.15, -0.1) is 0 Å². The Morgan fingerprint density at radius 1 is 1.06 bits per heavy atom. The Kier molecular flexibility index (Phi) is 4.45. The van der Waals surface area contributed by atoms with Crippen molar-refractivity contribution < 1.29 is 0 Å². The molecule has 0 aromatic heterocycles. The Hall–Kier alpha value is -0.310. The highest BCUT2D eigenvalue weighted by Gasteiger charge is 2.22. The van der Waals surface area contributed by atoms with E-state index in [2.05, 4.69) is 17.6 Å². The molecule has 0 radical (unpaired) electrons. The standard InChI is InChI=1S/C13H24N2S/c1-10(11-6-2-3-7-11)14-13(16)15-12-8-4-5-9-12/h10-12H,2-9H2,1H3,(H2,14,15,16). The minimum absolute atomic E-state index is 0.545. The number of hydrogen-bond donors (Lipinski definition) is 2. The summed E-state index contributed by atoms with van der Waals surface area (Å²) in [6, 6.07) is 1.18. The average molecular weight is 240 g/mol. The second kappa shape index (κ2) is 5.85. The molecule has 2 fully saturated rings. The zero-order chi connectivity index (χ0) is 11.4. The van der Waals surface area contributed by atoms with Gasteiger partial charge in [0.15, 0.2) is 5.11 Å². The van der Waals surface area contributed by atoms with Crippen LogP contribution in [0.4, 0.5) is 0 Å². The molecule has 0 spiro atoms. The molecule has 0 aromatic carbocycles. The van der Waals surface area contributed by atoms with Gasteiger partial charge in [-0.1, -0.05) is 25.7 Å². The predicted octanol–water partition coefficient (Wildman–Crippen LogP) is 2.97. The van der Waals surface area contributed by atoms with Crippen molar-refractivity contribution in [2.24, 2.45) is 5.92 Å². The van der Waals surface area contributed by atoms with E-state index in [-0.39, 0.29) is 0 Å². The fraction of sp³-hybridized carbons (Fsp3) is 0.923. The van der Waals surface area contributed by atoms with Gasteiger partial charge < -0.3 is 10.6 Å². The van der Waals surface area contributed by atoms with E-state index < -0.39 is 0 Å². The minimum Gasteiger partial charge on any atom is -0.360 e. The van der Waals surface area contributed by atoms with Crippen molar-refractivity contribution in [3.8, 4) is 0 Å². The van der Waals surface area contributed by atoms with Gasteiger partial charge in [0.05, 0.1) is 0 Å². The monoisotopic (exact) mass is 240 g/mol. The maximum atomic E-state index is 5.38. The zero-order valence-electron chi connectivity index (χ0n) is 10.3. The number of rotatable bonds is 3. The molecule has 0 heterocycles. The fourth-order valence-electron chi connectivity index (χ4n) is 3.08. The Balaban J connectivity index is 1.68. The van der Waals surface area contributed by atoms with Crippen molar-refractivity contribution in [3.05, 3.63) is 0 Å². The van der Waals surface area contributed by atoms with Gasteiger partial charge in [-0.2, -0.15) is 0 Å². The lowest BCUT2D eigenvalue weighted by molar-refractivity contribution is 0.422. The van der Waals surface area contributed by atoms with Crippen molar-refractivity contribution >= 4 is 17.3 Å². The third kappa shape index (κ3) is 3.34. The lowest BCUT2D eigenvalue weighted by Crippen LogP contribution is -2.46. The molecule has 3 heteroatoms. The zero-order valence-corrected chi connectivity index (χ0v) is 11.1. The van der Waals surface area contributed by atoms with Gasteiger partial charge in [0.2, 0.25) is 0 Å². The summed E-state index contributed by atoms with van der Waals surface area (Å²) in [6.45, 7) is 2.28. The van der Waals surface area contributed by atoms with E-state index in [1.165, 1.54) is 51.4 Å². The molecule has 2 aliphatic rings. The summed E-state index contributed by atoms with van der Waals surface area (Å²) in [5, 5.41) is 7.80. The highest BCUT2D eigenvalue weighted by Crippen LogP contribution is 2.27. The van der Waals surface area contributed by atoms with Crippen LogP contribution in [-0.4, -0.2) is 17.2 Å². The largest absolute Gasteiger partial charge is 0.360 e. The Morgan fingerprint density at radius 2 is 1.62 bits per heavy atom. The maximum absolute atomic E-state index is 5.38. The molecule has 2 N–H and O–H groups in total. The summed E-state index contributed by atoms with van der Waals surface area (Å²) >= 11 is 5.38. The predicted molar refractivity (Wildman–Crippen MR) is 72.5 cm³/mol. The molecule has 1 unspecified atom stereocenters. The van der Waals surface area contributed by atoms with E-state index >= 15 is 0 Å². The third-order valence-electron chi connectivity index (χ3n) is 4.16. The van der Waals surface area contributed by atoms with Gasteiger partial charge in [-0.3, -0.25) is 0 Å². The molecule has 0 bridgehead atoms. The van der Waals surface area contributed by atoms with Crippen LogP contribution in [-0.2, 0) is 0 Å². The number of hydrogen-bond acceptors (Lipinski definition) is 1. The van der Waals surface area contributed by atoms with Gasteiger partial charge in [0, 0.05) is 12.1 Å². The second-order valence-electron chi connectivity index (χ2n) is 5.43. The van der Waals surface area contributed by atoms with Crippen molar-refractivity contribution in [1.82, 2.24) is 10.6 Å². The van der Waals surface area contributed by atoms with Gasteiger partial charge in [0.1, 0.15) is 0 Å². The van der Waals surface area contributed by atoms with Crippen LogP contribution in [0.15, 0.2) is 0 Å². The normalized spacial score (nSPS) is 24.6. The van der Waals surface area contributed by atoms with E-state index in [1.807, 2.05) is 0 Å². The summed E-state index contributed by atoms with van der Waals surface area (Å²) in [4.78, 5) is 0. The molecule has 0 amide bonds. The van der Waals surface area contributed by atoms with Crippen LogP contribution in [0.2, 0.25) is 0 Å². The van der Waals surface area contributed by atoms with Gasteiger partial charge in [-0.25, -0.2) is 0 Å². The first-order chi connectivity index (χ1) is 7.75. The first-order valence-electron chi connectivity index (χ1n) is 6.83. The van der Waals surface area contributed by atoms with Gasteiger partial charge in [0.25, 0.3) is 0 Å². The van der Waals surface area contributed by atoms with Crippen LogP contribution >= 0.6 is 12.2 Å². The molecule has 0 saturated heterocycles. The van der Waals surface area contributed by atoms with Crippen LogP contribution in [0.25, 0.3) is 0 Å². The molecule has 2 aliphatic carbocycles. The summed E-state index contributed by atoms with van der Waals surface area (Å²) in [5.74, 6) is 0.836. The molecular formula is C13H24N2S. The summed E-state index contributed by atoms with van der Waals surface area (Å²) < 4.78 is 0. The lowest BCUT2D eigenvalue weighted by atomic mass is 10.0. The molecule has 2 nitrogen and oxygen atoms in total. The molecule has 2 rings (SSSR count). The van der Waals surface area contributed by atoms with E-state index in [4.69, 9.17) is 12.2 Å². The van der Waals surface area contributed by atoms with E-state index in [1.54, 1.807) is 0 Å². The first kappa shape index (κ1) is 12.2. The van der Waals surface area contributed by atoms with Gasteiger partial charge >= 0.3 is 0 Å². The molecule has 2 saturated carbocycles. The van der Waals surface area contributed by atoms with Crippen LogP contribution < -0.4 is 10.6 Å². The van der Waals surface area contributed by atoms with Crippen LogP contribution in [0.3, 0.4) is 0 Å². The van der Waals surface area contributed by atoms with E-state index in [0.29, 0.717) is 12.1 Å². The Labute approximate surface area is 105 Å². The SMILES string of the molecule is CC(NC(=S)NC1CCCC1)C1CCCC1. The smallest absolute Gasteiger partial charge is 0.166 e. The van der Waals surface area contributed by atoms with E-state index in [0.717, 1.165) is 11.0 Å². The highest BCUT2D eigenvalue weighted by atomic mass is 32.1. The topological polar surface area (TPSA) is 24.1 Å². The van der Waals surface area contributed by atoms with Crippen molar-refractivity contribution in [2.75, 3.05) is 0 Å². The van der Waals surface area contributed by atoms with Crippen LogP contribution in [0.1, 0.15) is 58.3 Å². The van der Waals surface area contributed by atoms with Gasteiger partial charge in [-0.05, 0) is 50.7 Å². The molecule has 0 aromatic rings. The Bertz CT molecular complexity index is 230.